The third kappa shape index (κ3) is 5.14. The van der Waals surface area contributed by atoms with Gasteiger partial charge in [-0.05, 0) is 73.7 Å². The van der Waals surface area contributed by atoms with Gasteiger partial charge in [-0.2, -0.15) is 4.31 Å². The van der Waals surface area contributed by atoms with E-state index >= 15 is 0 Å². The first-order chi connectivity index (χ1) is 17.7. The molecule has 1 saturated heterocycles. The molecule has 1 aliphatic heterocycles. The van der Waals surface area contributed by atoms with Crippen LogP contribution in [-0.2, 0) is 21.4 Å². The number of nitrogens with zero attached hydrogens (tertiary/aromatic N) is 4. The van der Waals surface area contributed by atoms with E-state index in [0.717, 1.165) is 33.0 Å². The minimum atomic E-state index is -3.97. The maximum absolute atomic E-state index is 14.2. The minimum Gasteiger partial charge on any atom is -0.283 e. The predicted octanol–water partition coefficient (Wildman–Crippen LogP) is 5.08. The molecule has 0 saturated carbocycles. The van der Waals surface area contributed by atoms with Gasteiger partial charge in [-0.15, -0.1) is 0 Å². The van der Waals surface area contributed by atoms with Gasteiger partial charge in [0.15, 0.2) is 5.13 Å². The van der Waals surface area contributed by atoms with E-state index in [9.17, 15) is 17.6 Å². The second-order valence-electron chi connectivity index (χ2n) is 9.30. The number of halogens is 1. The van der Waals surface area contributed by atoms with Gasteiger partial charge in [0.2, 0.25) is 15.9 Å². The number of amides is 1. The number of aromatic nitrogens is 2. The molecule has 4 aromatic rings. The first-order valence-corrected chi connectivity index (χ1v) is 14.3. The number of hydrogen-bond donors (Lipinski definition) is 0. The second kappa shape index (κ2) is 10.3. The van der Waals surface area contributed by atoms with Crippen LogP contribution in [0, 0.1) is 25.6 Å². The van der Waals surface area contributed by atoms with Crippen molar-refractivity contribution < 1.29 is 17.6 Å². The van der Waals surface area contributed by atoms with Crippen LogP contribution in [0.25, 0.3) is 10.2 Å². The number of sulfonamides is 1. The summed E-state index contributed by atoms with van der Waals surface area (Å²) in [5.41, 5.74) is 4.02. The molecule has 0 spiro atoms. The van der Waals surface area contributed by atoms with Gasteiger partial charge in [0.1, 0.15) is 10.7 Å². The van der Waals surface area contributed by atoms with Gasteiger partial charge < -0.3 is 0 Å². The van der Waals surface area contributed by atoms with Crippen LogP contribution in [0.1, 0.15) is 29.5 Å². The number of anilines is 1. The molecule has 192 valence electrons. The third-order valence-electron chi connectivity index (χ3n) is 6.81. The van der Waals surface area contributed by atoms with Crippen molar-refractivity contribution in [2.45, 2.75) is 38.1 Å². The number of thiazole rings is 1. The Morgan fingerprint density at radius 1 is 1.11 bits per heavy atom. The number of aryl methyl sites for hydroxylation is 2. The highest BCUT2D eigenvalue weighted by atomic mass is 32.2. The van der Waals surface area contributed by atoms with Crippen molar-refractivity contribution in [2.75, 3.05) is 18.0 Å². The van der Waals surface area contributed by atoms with Crippen LogP contribution in [-0.4, -0.2) is 41.7 Å². The molecule has 0 atom stereocenters. The Hall–Kier alpha value is -3.21. The van der Waals surface area contributed by atoms with Crippen molar-refractivity contribution in [3.8, 4) is 0 Å². The molecule has 0 radical (unpaired) electrons. The molecule has 0 aliphatic carbocycles. The van der Waals surface area contributed by atoms with Gasteiger partial charge in [-0.3, -0.25) is 14.7 Å². The van der Waals surface area contributed by atoms with E-state index < -0.39 is 15.8 Å². The fourth-order valence-corrected chi connectivity index (χ4v) is 7.14. The molecule has 37 heavy (non-hydrogen) atoms. The van der Waals surface area contributed by atoms with Crippen LogP contribution >= 0.6 is 11.3 Å². The van der Waals surface area contributed by atoms with Crippen molar-refractivity contribution in [2.24, 2.45) is 5.92 Å². The maximum Gasteiger partial charge on any atom is 0.245 e. The molecule has 3 heterocycles. The summed E-state index contributed by atoms with van der Waals surface area (Å²) in [6.07, 6.45) is 4.11. The predicted molar refractivity (Wildman–Crippen MR) is 142 cm³/mol. The molecule has 0 N–H and O–H groups in total. The van der Waals surface area contributed by atoms with Crippen molar-refractivity contribution in [3.05, 3.63) is 83.4 Å². The zero-order valence-electron chi connectivity index (χ0n) is 20.6. The average molecular weight is 539 g/mol. The van der Waals surface area contributed by atoms with E-state index in [1.54, 1.807) is 17.3 Å². The van der Waals surface area contributed by atoms with Crippen LogP contribution in [0.5, 0.6) is 0 Å². The molecule has 1 aliphatic rings. The van der Waals surface area contributed by atoms with Crippen molar-refractivity contribution in [3.63, 3.8) is 0 Å². The molecule has 2 aromatic heterocycles. The number of hydrogen-bond acceptors (Lipinski definition) is 6. The molecular formula is C27H27FN4O3S2. The highest BCUT2D eigenvalue weighted by Crippen LogP contribution is 2.34. The lowest BCUT2D eigenvalue weighted by atomic mass is 9.96. The number of benzene rings is 2. The minimum absolute atomic E-state index is 0.0979. The fourth-order valence-electron chi connectivity index (χ4n) is 4.55. The molecular weight excluding hydrogens is 511 g/mol. The molecule has 7 nitrogen and oxygen atoms in total. The first-order valence-electron chi connectivity index (χ1n) is 12.1. The summed E-state index contributed by atoms with van der Waals surface area (Å²) in [6, 6.07) is 13.2. The Morgan fingerprint density at radius 3 is 2.54 bits per heavy atom. The summed E-state index contributed by atoms with van der Waals surface area (Å²) < 4.78 is 42.5. The topological polar surface area (TPSA) is 83.5 Å². The van der Waals surface area contributed by atoms with Gasteiger partial charge in [-0.25, -0.2) is 17.8 Å². The molecule has 5 rings (SSSR count). The van der Waals surface area contributed by atoms with Gasteiger partial charge in [0, 0.05) is 31.4 Å². The van der Waals surface area contributed by atoms with Crippen molar-refractivity contribution >= 4 is 42.6 Å². The van der Waals surface area contributed by atoms with Gasteiger partial charge in [-0.1, -0.05) is 29.5 Å². The summed E-state index contributed by atoms with van der Waals surface area (Å²) in [5.74, 6) is -1.25. The SMILES string of the molecule is Cc1cc2nc(N(Cc3cccnc3)C(=O)C3CCN(S(=O)(=O)c4ccccc4F)CC3)sc2cc1C. The lowest BCUT2D eigenvalue weighted by molar-refractivity contribution is -0.123. The van der Waals surface area contributed by atoms with E-state index in [1.807, 2.05) is 25.1 Å². The molecule has 0 unspecified atom stereocenters. The number of fused-ring (bicyclic) bond motifs is 1. The third-order valence-corrected chi connectivity index (χ3v) is 9.78. The Morgan fingerprint density at radius 2 is 1.84 bits per heavy atom. The standard InChI is InChI=1S/C27H27FN4O3S2/c1-18-14-23-24(15-19(18)2)36-27(30-23)32(17-20-6-5-11-29-16-20)26(33)21-9-12-31(13-10-21)37(34,35)25-8-4-3-7-22(25)28/h3-8,11,14-16,21H,9-10,12-13,17H2,1-2H3. The van der Waals surface area contributed by atoms with Gasteiger partial charge >= 0.3 is 0 Å². The largest absolute Gasteiger partial charge is 0.283 e. The van der Waals surface area contributed by atoms with E-state index in [1.165, 1.54) is 33.8 Å². The Labute approximate surface area is 219 Å². The first kappa shape index (κ1) is 25.4. The molecule has 10 heteroatoms. The number of pyridine rings is 1. The molecule has 1 amide bonds. The quantitative estimate of drug-likeness (QED) is 0.342. The van der Waals surface area contributed by atoms with Crippen molar-refractivity contribution in [1.29, 1.82) is 0 Å². The van der Waals surface area contributed by atoms with E-state index in [0.29, 0.717) is 24.5 Å². The summed E-state index contributed by atoms with van der Waals surface area (Å²) >= 11 is 1.47. The van der Waals surface area contributed by atoms with Crippen molar-refractivity contribution in [1.82, 2.24) is 14.3 Å². The van der Waals surface area contributed by atoms with E-state index in [2.05, 4.69) is 18.0 Å². The zero-order valence-corrected chi connectivity index (χ0v) is 22.2. The van der Waals surface area contributed by atoms with Crippen LogP contribution < -0.4 is 4.90 Å². The monoisotopic (exact) mass is 538 g/mol. The molecule has 1 fully saturated rings. The number of carbonyl (C=O) groups is 1. The highest BCUT2D eigenvalue weighted by Gasteiger charge is 2.36. The lowest BCUT2D eigenvalue weighted by Gasteiger charge is -2.33. The summed E-state index contributed by atoms with van der Waals surface area (Å²) in [7, 11) is -3.97. The zero-order chi connectivity index (χ0) is 26.2. The summed E-state index contributed by atoms with van der Waals surface area (Å²) in [5, 5.41) is 0.607. The summed E-state index contributed by atoms with van der Waals surface area (Å²) in [4.78, 5) is 24.2. The number of carbonyl (C=O) groups excluding carboxylic acids is 1. The van der Waals surface area contributed by atoms with E-state index in [4.69, 9.17) is 4.98 Å². The molecule has 2 aromatic carbocycles. The van der Waals surface area contributed by atoms with Crippen LogP contribution in [0.15, 0.2) is 65.8 Å². The maximum atomic E-state index is 14.2. The fraction of sp³-hybridized carbons (Fsp3) is 0.296. The summed E-state index contributed by atoms with van der Waals surface area (Å²) in [6.45, 7) is 4.70. The Kier molecular flexibility index (Phi) is 7.06. The van der Waals surface area contributed by atoms with Crippen LogP contribution in [0.2, 0.25) is 0 Å². The lowest BCUT2D eigenvalue weighted by Crippen LogP contribution is -2.44. The highest BCUT2D eigenvalue weighted by molar-refractivity contribution is 7.89. The normalized spacial score (nSPS) is 15.2. The number of piperidine rings is 1. The average Bonchev–Trinajstić information content (AvgIpc) is 3.30. The smallest absolute Gasteiger partial charge is 0.245 e. The van der Waals surface area contributed by atoms with E-state index in [-0.39, 0.29) is 29.8 Å². The van der Waals surface area contributed by atoms with Crippen LogP contribution in [0.4, 0.5) is 9.52 Å². The van der Waals surface area contributed by atoms with Gasteiger partial charge in [0.25, 0.3) is 0 Å². The second-order valence-corrected chi connectivity index (χ2v) is 12.2. The Balaban J connectivity index is 1.39. The molecule has 0 bridgehead atoms. The van der Waals surface area contributed by atoms with Crippen LogP contribution in [0.3, 0.4) is 0 Å². The Bertz CT molecular complexity index is 1510. The van der Waals surface area contributed by atoms with Gasteiger partial charge in [0.05, 0.1) is 16.8 Å². The number of rotatable bonds is 6.